The zero-order valence-corrected chi connectivity index (χ0v) is 6.60. The van der Waals surface area contributed by atoms with Crippen molar-refractivity contribution in [3.8, 4) is 5.75 Å². The molecule has 60 valence electrons. The number of aromatic hydroxyl groups is 1. The molecule has 0 unspecified atom stereocenters. The molecule has 1 rings (SSSR count). The summed E-state index contributed by atoms with van der Waals surface area (Å²) in [7, 11) is 0. The third-order valence-corrected chi connectivity index (χ3v) is 1.68. The molecule has 0 aromatic heterocycles. The first-order valence-electron chi connectivity index (χ1n) is 3.12. The summed E-state index contributed by atoms with van der Waals surface area (Å²) in [5.74, 6) is 5.58. The van der Waals surface area contributed by atoms with Gasteiger partial charge in [0.05, 0.1) is 11.6 Å². The van der Waals surface area contributed by atoms with Gasteiger partial charge in [-0.3, -0.25) is 5.84 Å². The molecule has 4 heteroatoms. The molecule has 11 heavy (non-hydrogen) atoms. The molecule has 0 amide bonds. The minimum Gasteiger partial charge on any atom is -0.508 e. The molecule has 3 nitrogen and oxygen atoms in total. The van der Waals surface area contributed by atoms with Gasteiger partial charge in [-0.15, -0.1) is 11.6 Å². The van der Waals surface area contributed by atoms with Crippen LogP contribution in [0.4, 0.5) is 5.69 Å². The average molecular weight is 173 g/mol. The van der Waals surface area contributed by atoms with Crippen molar-refractivity contribution < 1.29 is 5.11 Å². The van der Waals surface area contributed by atoms with Crippen LogP contribution in [0.3, 0.4) is 0 Å². The van der Waals surface area contributed by atoms with Gasteiger partial charge in [0.15, 0.2) is 0 Å². The molecule has 0 aliphatic heterocycles. The number of nitrogens with two attached hydrogens (primary N) is 1. The zero-order chi connectivity index (χ0) is 8.27. The normalized spacial score (nSPS) is 9.64. The summed E-state index contributed by atoms with van der Waals surface area (Å²) >= 11 is 5.52. The van der Waals surface area contributed by atoms with Gasteiger partial charge >= 0.3 is 0 Å². The molecular formula is C7H9ClN2O. The fraction of sp³-hybridized carbons (Fsp3) is 0.143. The van der Waals surface area contributed by atoms with Crippen molar-refractivity contribution in [3.05, 3.63) is 23.8 Å². The molecule has 0 aliphatic rings. The number of nitrogens with one attached hydrogen (secondary N) is 1. The van der Waals surface area contributed by atoms with E-state index >= 15 is 0 Å². The number of nitrogen functional groups attached to an aromatic ring is 1. The Bertz CT molecular complexity index is 252. The highest BCUT2D eigenvalue weighted by atomic mass is 35.5. The van der Waals surface area contributed by atoms with Gasteiger partial charge in [0, 0.05) is 11.6 Å². The van der Waals surface area contributed by atoms with Crippen molar-refractivity contribution in [1.82, 2.24) is 0 Å². The Kier molecular flexibility index (Phi) is 2.57. The number of hydrogen-bond acceptors (Lipinski definition) is 3. The van der Waals surface area contributed by atoms with Crippen LogP contribution < -0.4 is 11.3 Å². The standard InChI is InChI=1S/C7H9ClN2O/c8-4-5-1-2-6(10-9)3-7(5)11/h1-3,10-11H,4,9H2. The number of phenols is 1. The summed E-state index contributed by atoms with van der Waals surface area (Å²) < 4.78 is 0. The summed E-state index contributed by atoms with van der Waals surface area (Å²) in [5.41, 5.74) is 3.78. The molecule has 0 spiro atoms. The third kappa shape index (κ3) is 1.76. The minimum atomic E-state index is 0.162. The number of halogens is 1. The third-order valence-electron chi connectivity index (χ3n) is 1.40. The molecule has 0 bridgehead atoms. The first kappa shape index (κ1) is 8.17. The van der Waals surface area contributed by atoms with Crippen molar-refractivity contribution in [2.45, 2.75) is 5.88 Å². The lowest BCUT2D eigenvalue weighted by atomic mass is 10.2. The van der Waals surface area contributed by atoms with Gasteiger partial charge < -0.3 is 10.5 Å². The Morgan fingerprint density at radius 3 is 2.73 bits per heavy atom. The first-order valence-corrected chi connectivity index (χ1v) is 3.66. The highest BCUT2D eigenvalue weighted by Gasteiger charge is 1.99. The van der Waals surface area contributed by atoms with Crippen LogP contribution in [0, 0.1) is 0 Å². The van der Waals surface area contributed by atoms with Gasteiger partial charge in [0.2, 0.25) is 0 Å². The molecule has 0 saturated heterocycles. The van der Waals surface area contributed by atoms with E-state index in [1.165, 1.54) is 6.07 Å². The predicted octanol–water partition coefficient (Wildman–Crippen LogP) is 1.42. The van der Waals surface area contributed by atoms with Crippen LogP contribution in [-0.2, 0) is 5.88 Å². The van der Waals surface area contributed by atoms with Gasteiger partial charge in [-0.2, -0.15) is 0 Å². The van der Waals surface area contributed by atoms with E-state index in [9.17, 15) is 5.11 Å². The summed E-state index contributed by atoms with van der Waals surface area (Å²) in [6.07, 6.45) is 0. The second kappa shape index (κ2) is 3.46. The van der Waals surface area contributed by atoms with E-state index in [0.29, 0.717) is 17.1 Å². The van der Waals surface area contributed by atoms with E-state index in [2.05, 4.69) is 5.43 Å². The molecular weight excluding hydrogens is 164 g/mol. The van der Waals surface area contributed by atoms with Gasteiger partial charge in [0.1, 0.15) is 5.75 Å². The summed E-state index contributed by atoms with van der Waals surface area (Å²) in [6.45, 7) is 0. The Morgan fingerprint density at radius 2 is 2.27 bits per heavy atom. The fourth-order valence-corrected chi connectivity index (χ4v) is 0.993. The zero-order valence-electron chi connectivity index (χ0n) is 5.84. The molecule has 1 aromatic rings. The summed E-state index contributed by atoms with van der Waals surface area (Å²) in [5, 5.41) is 9.24. The quantitative estimate of drug-likeness (QED) is 0.359. The average Bonchev–Trinajstić information content (AvgIpc) is 2.04. The Balaban J connectivity index is 2.99. The molecule has 1 aromatic carbocycles. The van der Waals surface area contributed by atoms with Crippen LogP contribution in [0.2, 0.25) is 0 Å². The van der Waals surface area contributed by atoms with Crippen LogP contribution >= 0.6 is 11.6 Å². The Labute approximate surface area is 69.8 Å². The number of hydrazine groups is 1. The molecule has 0 saturated carbocycles. The fourth-order valence-electron chi connectivity index (χ4n) is 0.767. The maximum absolute atomic E-state index is 9.24. The van der Waals surface area contributed by atoms with Crippen molar-refractivity contribution >= 4 is 17.3 Å². The summed E-state index contributed by atoms with van der Waals surface area (Å²) in [6, 6.07) is 4.99. The number of rotatable bonds is 2. The largest absolute Gasteiger partial charge is 0.508 e. The minimum absolute atomic E-state index is 0.162. The molecule has 0 radical (unpaired) electrons. The lowest BCUT2D eigenvalue weighted by Crippen LogP contribution is -2.06. The van der Waals surface area contributed by atoms with Crippen LogP contribution in [0.15, 0.2) is 18.2 Å². The van der Waals surface area contributed by atoms with Crippen LogP contribution in [0.5, 0.6) is 5.75 Å². The van der Waals surface area contributed by atoms with Gasteiger partial charge in [-0.25, -0.2) is 0 Å². The molecule has 0 heterocycles. The monoisotopic (exact) mass is 172 g/mol. The second-order valence-electron chi connectivity index (χ2n) is 2.12. The van der Waals surface area contributed by atoms with Crippen molar-refractivity contribution in [2.75, 3.05) is 5.43 Å². The van der Waals surface area contributed by atoms with Crippen LogP contribution in [-0.4, -0.2) is 5.11 Å². The van der Waals surface area contributed by atoms with Crippen molar-refractivity contribution in [3.63, 3.8) is 0 Å². The maximum atomic E-state index is 9.24. The first-order chi connectivity index (χ1) is 5.27. The van der Waals surface area contributed by atoms with Gasteiger partial charge in [-0.1, -0.05) is 6.07 Å². The van der Waals surface area contributed by atoms with E-state index in [1.54, 1.807) is 12.1 Å². The van der Waals surface area contributed by atoms with Gasteiger partial charge in [0.25, 0.3) is 0 Å². The van der Waals surface area contributed by atoms with Crippen LogP contribution in [0.25, 0.3) is 0 Å². The highest BCUT2D eigenvalue weighted by molar-refractivity contribution is 6.17. The second-order valence-corrected chi connectivity index (χ2v) is 2.39. The van der Waals surface area contributed by atoms with E-state index in [0.717, 1.165) is 0 Å². The maximum Gasteiger partial charge on any atom is 0.122 e. The number of anilines is 1. The summed E-state index contributed by atoms with van der Waals surface area (Å²) in [4.78, 5) is 0. The number of benzene rings is 1. The van der Waals surface area contributed by atoms with E-state index in [1.807, 2.05) is 0 Å². The van der Waals surface area contributed by atoms with E-state index in [-0.39, 0.29) is 5.75 Å². The smallest absolute Gasteiger partial charge is 0.122 e. The topological polar surface area (TPSA) is 58.3 Å². The predicted molar refractivity (Wildman–Crippen MR) is 45.5 cm³/mol. The number of hydrogen-bond donors (Lipinski definition) is 3. The molecule has 4 N–H and O–H groups in total. The Hall–Kier alpha value is -0.930. The number of phenolic OH excluding ortho intramolecular Hbond substituents is 1. The SMILES string of the molecule is NNc1ccc(CCl)c(O)c1. The van der Waals surface area contributed by atoms with Crippen LogP contribution in [0.1, 0.15) is 5.56 Å². The lowest BCUT2D eigenvalue weighted by Gasteiger charge is -2.03. The van der Waals surface area contributed by atoms with Crippen molar-refractivity contribution in [1.29, 1.82) is 0 Å². The number of alkyl halides is 1. The molecule has 0 fully saturated rings. The van der Waals surface area contributed by atoms with E-state index < -0.39 is 0 Å². The van der Waals surface area contributed by atoms with E-state index in [4.69, 9.17) is 17.4 Å². The molecule has 0 atom stereocenters. The lowest BCUT2D eigenvalue weighted by molar-refractivity contribution is 0.471. The highest BCUT2D eigenvalue weighted by Crippen LogP contribution is 2.22. The van der Waals surface area contributed by atoms with Crippen molar-refractivity contribution in [2.24, 2.45) is 5.84 Å². The van der Waals surface area contributed by atoms with Gasteiger partial charge in [-0.05, 0) is 6.07 Å². The Morgan fingerprint density at radius 1 is 1.55 bits per heavy atom. The molecule has 0 aliphatic carbocycles.